The minimum atomic E-state index is -2.89. The highest BCUT2D eigenvalue weighted by atomic mass is 32.2. The van der Waals surface area contributed by atoms with E-state index in [0.717, 1.165) is 13.0 Å². The number of nitrogens with zero attached hydrogens (tertiary/aromatic N) is 1. The number of methoxy groups -OCH3 is 1. The van der Waals surface area contributed by atoms with Crippen molar-refractivity contribution in [3.8, 4) is 0 Å². The van der Waals surface area contributed by atoms with Crippen LogP contribution in [0.15, 0.2) is 0 Å². The van der Waals surface area contributed by atoms with E-state index in [2.05, 4.69) is 5.32 Å². The van der Waals surface area contributed by atoms with Crippen molar-refractivity contribution in [3.05, 3.63) is 0 Å². The van der Waals surface area contributed by atoms with Gasteiger partial charge < -0.3 is 15.0 Å². The number of thiocarbonyl (C=S) groups is 1. The average molecular weight is 264 g/mol. The van der Waals surface area contributed by atoms with Crippen LogP contribution in [0.4, 0.5) is 0 Å². The molecule has 5 nitrogen and oxygen atoms in total. The molecule has 0 radical (unpaired) electrons. The molecule has 2 heterocycles. The molecule has 2 atom stereocenters. The van der Waals surface area contributed by atoms with Crippen LogP contribution in [0.3, 0.4) is 0 Å². The number of rotatable bonds is 4. The van der Waals surface area contributed by atoms with Crippen LogP contribution in [-0.4, -0.2) is 62.3 Å². The lowest BCUT2D eigenvalue weighted by atomic mass is 10.2. The number of sulfone groups is 1. The second kappa shape index (κ2) is 4.46. The van der Waals surface area contributed by atoms with Gasteiger partial charge >= 0.3 is 0 Å². The largest absolute Gasteiger partial charge is 0.385 e. The van der Waals surface area contributed by atoms with E-state index in [9.17, 15) is 8.42 Å². The lowest BCUT2D eigenvalue weighted by Crippen LogP contribution is -2.37. The Bertz CT molecular complexity index is 382. The van der Waals surface area contributed by atoms with Crippen LogP contribution in [0.5, 0.6) is 0 Å². The first-order valence-corrected chi connectivity index (χ1v) is 7.53. The highest BCUT2D eigenvalue weighted by Crippen LogP contribution is 2.24. The normalized spacial score (nSPS) is 31.6. The maximum atomic E-state index is 11.5. The van der Waals surface area contributed by atoms with Crippen molar-refractivity contribution < 1.29 is 13.2 Å². The molecular weight excluding hydrogens is 248 g/mol. The van der Waals surface area contributed by atoms with E-state index >= 15 is 0 Å². The summed E-state index contributed by atoms with van der Waals surface area (Å²) >= 11 is 5.20. The molecule has 1 N–H and O–H groups in total. The summed E-state index contributed by atoms with van der Waals surface area (Å²) in [5.74, 6) is 0.427. The van der Waals surface area contributed by atoms with Crippen LogP contribution >= 0.6 is 12.2 Å². The topological polar surface area (TPSA) is 58.6 Å². The lowest BCUT2D eigenvalue weighted by Gasteiger charge is -2.22. The van der Waals surface area contributed by atoms with E-state index in [1.54, 1.807) is 7.11 Å². The van der Waals surface area contributed by atoms with Gasteiger partial charge in [-0.05, 0) is 18.6 Å². The Morgan fingerprint density at radius 3 is 3.00 bits per heavy atom. The Balaban J connectivity index is 1.99. The molecule has 2 aliphatic rings. The SMILES string of the molecule is COCCCN1C(=S)N[C@H]2CS(=O)(=O)C[C@H]21. The van der Waals surface area contributed by atoms with Crippen LogP contribution in [0, 0.1) is 0 Å². The maximum absolute atomic E-state index is 11.5. The summed E-state index contributed by atoms with van der Waals surface area (Å²) in [5.41, 5.74) is 0. The third-order valence-electron chi connectivity index (χ3n) is 3.04. The summed E-state index contributed by atoms with van der Waals surface area (Å²) in [4.78, 5) is 1.99. The molecule has 7 heteroatoms. The van der Waals surface area contributed by atoms with E-state index in [4.69, 9.17) is 17.0 Å². The van der Waals surface area contributed by atoms with E-state index < -0.39 is 9.84 Å². The van der Waals surface area contributed by atoms with Gasteiger partial charge in [0.2, 0.25) is 0 Å². The highest BCUT2D eigenvalue weighted by Gasteiger charge is 2.46. The summed E-state index contributed by atoms with van der Waals surface area (Å²) in [6, 6.07) is 0.00870. The molecule has 0 aliphatic carbocycles. The molecule has 92 valence electrons. The fraction of sp³-hybridized carbons (Fsp3) is 0.889. The molecule has 2 fully saturated rings. The van der Waals surface area contributed by atoms with Crippen molar-refractivity contribution in [1.82, 2.24) is 10.2 Å². The first-order chi connectivity index (χ1) is 7.53. The minimum absolute atomic E-state index is 0.0138. The van der Waals surface area contributed by atoms with Crippen LogP contribution in [0.25, 0.3) is 0 Å². The van der Waals surface area contributed by atoms with Gasteiger partial charge in [-0.25, -0.2) is 8.42 Å². The number of hydrogen-bond donors (Lipinski definition) is 1. The molecule has 0 aromatic heterocycles. The zero-order valence-electron chi connectivity index (χ0n) is 9.18. The fourth-order valence-corrected chi connectivity index (χ4v) is 4.61. The van der Waals surface area contributed by atoms with Crippen molar-refractivity contribution in [2.24, 2.45) is 0 Å². The smallest absolute Gasteiger partial charge is 0.169 e. The van der Waals surface area contributed by atoms with Crippen LogP contribution < -0.4 is 5.32 Å². The molecule has 16 heavy (non-hydrogen) atoms. The summed E-state index contributed by atoms with van der Waals surface area (Å²) < 4.78 is 28.0. The Morgan fingerprint density at radius 2 is 2.31 bits per heavy atom. The molecule has 0 bridgehead atoms. The predicted molar refractivity (Wildman–Crippen MR) is 65.2 cm³/mol. The van der Waals surface area contributed by atoms with Gasteiger partial charge in [-0.1, -0.05) is 0 Å². The second-order valence-corrected chi connectivity index (χ2v) is 6.78. The van der Waals surface area contributed by atoms with Crippen molar-refractivity contribution in [2.75, 3.05) is 31.8 Å². The van der Waals surface area contributed by atoms with Gasteiger partial charge in [0, 0.05) is 20.3 Å². The molecule has 0 unspecified atom stereocenters. The van der Waals surface area contributed by atoms with Gasteiger partial charge in [0.25, 0.3) is 0 Å². The number of nitrogens with one attached hydrogen (secondary N) is 1. The van der Waals surface area contributed by atoms with Gasteiger partial charge in [0.1, 0.15) is 0 Å². The van der Waals surface area contributed by atoms with E-state index in [1.165, 1.54) is 0 Å². The molecule has 0 amide bonds. The highest BCUT2D eigenvalue weighted by molar-refractivity contribution is 7.91. The standard InChI is InChI=1S/C9H16N2O3S2/c1-14-4-2-3-11-8-6-16(12,13)5-7(8)10-9(11)15/h7-8H,2-6H2,1H3,(H,10,15)/t7-,8+/m0/s1. The van der Waals surface area contributed by atoms with Gasteiger partial charge in [-0.2, -0.15) is 0 Å². The Morgan fingerprint density at radius 1 is 1.56 bits per heavy atom. The quantitative estimate of drug-likeness (QED) is 0.539. The molecule has 0 saturated carbocycles. The summed E-state index contributed by atoms with van der Waals surface area (Å²) in [6.07, 6.45) is 0.863. The molecule has 2 saturated heterocycles. The van der Waals surface area contributed by atoms with E-state index in [0.29, 0.717) is 11.7 Å². The average Bonchev–Trinajstić information content (AvgIpc) is 2.60. The minimum Gasteiger partial charge on any atom is -0.385 e. The summed E-state index contributed by atoms with van der Waals surface area (Å²) in [7, 11) is -1.23. The predicted octanol–water partition coefficient (Wildman–Crippen LogP) is -0.621. The molecule has 2 aliphatic heterocycles. The van der Waals surface area contributed by atoms with Gasteiger partial charge in [-0.15, -0.1) is 0 Å². The van der Waals surface area contributed by atoms with Gasteiger partial charge in [0.15, 0.2) is 14.9 Å². The third kappa shape index (κ3) is 2.31. The van der Waals surface area contributed by atoms with Gasteiger partial charge in [-0.3, -0.25) is 0 Å². The molecule has 0 spiro atoms. The molecular formula is C9H16N2O3S2. The van der Waals surface area contributed by atoms with Gasteiger partial charge in [0.05, 0.1) is 23.6 Å². The van der Waals surface area contributed by atoms with Crippen molar-refractivity contribution in [1.29, 1.82) is 0 Å². The van der Waals surface area contributed by atoms with Crippen molar-refractivity contribution in [2.45, 2.75) is 18.5 Å². The number of hydrogen-bond acceptors (Lipinski definition) is 4. The zero-order valence-corrected chi connectivity index (χ0v) is 10.8. The summed E-state index contributed by atoms with van der Waals surface area (Å²) in [5, 5.41) is 3.77. The Labute approximate surface area is 101 Å². The zero-order chi connectivity index (χ0) is 11.8. The van der Waals surface area contributed by atoms with Crippen LogP contribution in [0.2, 0.25) is 0 Å². The monoisotopic (exact) mass is 264 g/mol. The van der Waals surface area contributed by atoms with Crippen LogP contribution in [-0.2, 0) is 14.6 Å². The maximum Gasteiger partial charge on any atom is 0.169 e. The lowest BCUT2D eigenvalue weighted by molar-refractivity contribution is 0.183. The fourth-order valence-electron chi connectivity index (χ4n) is 2.31. The Kier molecular flexibility index (Phi) is 3.37. The van der Waals surface area contributed by atoms with Crippen LogP contribution in [0.1, 0.15) is 6.42 Å². The third-order valence-corrected chi connectivity index (χ3v) is 5.11. The number of ether oxygens (including phenoxy) is 1. The number of fused-ring (bicyclic) bond motifs is 1. The van der Waals surface area contributed by atoms with Crippen molar-refractivity contribution in [3.63, 3.8) is 0 Å². The van der Waals surface area contributed by atoms with E-state index in [-0.39, 0.29) is 23.6 Å². The van der Waals surface area contributed by atoms with E-state index in [1.807, 2.05) is 4.90 Å². The first kappa shape index (κ1) is 12.1. The Hall–Kier alpha value is -0.400. The first-order valence-electron chi connectivity index (χ1n) is 5.30. The second-order valence-electron chi connectivity index (χ2n) is 4.24. The molecule has 0 aromatic rings. The summed E-state index contributed by atoms with van der Waals surface area (Å²) in [6.45, 7) is 1.43. The molecule has 2 rings (SSSR count). The van der Waals surface area contributed by atoms with Crippen molar-refractivity contribution >= 4 is 27.2 Å². The molecule has 0 aromatic carbocycles.